The average Bonchev–Trinajstić information content (AvgIpc) is 2.66. The molecule has 0 aromatic heterocycles. The van der Waals surface area contributed by atoms with Crippen molar-refractivity contribution in [3.63, 3.8) is 0 Å². The van der Waals surface area contributed by atoms with E-state index in [1.807, 2.05) is 0 Å². The second-order valence-corrected chi connectivity index (χ2v) is 7.05. The van der Waals surface area contributed by atoms with Crippen molar-refractivity contribution < 1.29 is 23.5 Å². The molecule has 1 unspecified atom stereocenters. The van der Waals surface area contributed by atoms with Crippen molar-refractivity contribution in [2.75, 3.05) is 18.5 Å². The second-order valence-electron chi connectivity index (χ2n) is 6.64. The molecule has 1 atom stereocenters. The van der Waals surface area contributed by atoms with E-state index in [9.17, 15) is 14.0 Å². The van der Waals surface area contributed by atoms with Crippen LogP contribution in [0.1, 0.15) is 24.2 Å². The molecule has 8 heteroatoms. The molecule has 1 heterocycles. The summed E-state index contributed by atoms with van der Waals surface area (Å²) in [6.07, 6.45) is 0. The Morgan fingerprint density at radius 1 is 1.11 bits per heavy atom. The van der Waals surface area contributed by atoms with Gasteiger partial charge in [0.05, 0.1) is 16.3 Å². The van der Waals surface area contributed by atoms with Gasteiger partial charge in [-0.15, -0.1) is 0 Å². The van der Waals surface area contributed by atoms with Crippen molar-refractivity contribution >= 4 is 29.1 Å². The van der Waals surface area contributed by atoms with Gasteiger partial charge in [-0.05, 0) is 18.1 Å². The molecule has 2 aromatic rings. The van der Waals surface area contributed by atoms with Crippen molar-refractivity contribution in [3.05, 3.63) is 52.8 Å². The topological polar surface area (TPSA) is 76.7 Å². The molecule has 0 saturated heterocycles. The molecule has 0 spiro atoms. The number of fused-ring (bicyclic) bond motifs is 1. The summed E-state index contributed by atoms with van der Waals surface area (Å²) in [7, 11) is 0. The second kappa shape index (κ2) is 8.48. The van der Waals surface area contributed by atoms with Crippen molar-refractivity contribution in [2.45, 2.75) is 19.9 Å². The molecule has 0 bridgehead atoms. The number of amides is 2. The number of ether oxygens (including phenoxy) is 2. The fourth-order valence-corrected chi connectivity index (χ4v) is 2.97. The van der Waals surface area contributed by atoms with Gasteiger partial charge < -0.3 is 20.1 Å². The summed E-state index contributed by atoms with van der Waals surface area (Å²) in [5, 5.41) is 5.56. The molecule has 0 fully saturated rings. The Morgan fingerprint density at radius 2 is 1.75 bits per heavy atom. The van der Waals surface area contributed by atoms with Crippen LogP contribution in [0.15, 0.2) is 36.4 Å². The van der Waals surface area contributed by atoms with Crippen molar-refractivity contribution in [3.8, 4) is 11.5 Å². The van der Waals surface area contributed by atoms with Crippen LogP contribution in [0, 0.1) is 11.7 Å². The summed E-state index contributed by atoms with van der Waals surface area (Å²) >= 11 is 6.22. The van der Waals surface area contributed by atoms with Crippen LogP contribution in [0.5, 0.6) is 11.5 Å². The molecule has 6 nitrogen and oxygen atoms in total. The Morgan fingerprint density at radius 3 is 2.39 bits per heavy atom. The predicted molar refractivity (Wildman–Crippen MR) is 104 cm³/mol. The van der Waals surface area contributed by atoms with E-state index in [1.165, 1.54) is 18.2 Å². The van der Waals surface area contributed by atoms with Crippen molar-refractivity contribution in [1.82, 2.24) is 5.32 Å². The highest BCUT2D eigenvalue weighted by Crippen LogP contribution is 2.38. The molecule has 28 heavy (non-hydrogen) atoms. The summed E-state index contributed by atoms with van der Waals surface area (Å²) in [6.45, 7) is 4.37. The number of benzene rings is 2. The van der Waals surface area contributed by atoms with Gasteiger partial charge >= 0.3 is 0 Å². The third-order valence-corrected chi connectivity index (χ3v) is 4.56. The first-order chi connectivity index (χ1) is 13.4. The summed E-state index contributed by atoms with van der Waals surface area (Å²) in [4.78, 5) is 25.2. The molecule has 2 amide bonds. The van der Waals surface area contributed by atoms with E-state index in [0.717, 1.165) is 0 Å². The minimum absolute atomic E-state index is 0.127. The smallest absolute Gasteiger partial charge is 0.254 e. The zero-order valence-corrected chi connectivity index (χ0v) is 16.2. The van der Waals surface area contributed by atoms with E-state index in [4.69, 9.17) is 21.1 Å². The van der Waals surface area contributed by atoms with Crippen LogP contribution in [0.3, 0.4) is 0 Å². The number of anilines is 1. The van der Waals surface area contributed by atoms with Gasteiger partial charge in [-0.25, -0.2) is 4.39 Å². The largest absolute Gasteiger partial charge is 0.486 e. The van der Waals surface area contributed by atoms with E-state index in [-0.39, 0.29) is 16.5 Å². The zero-order chi connectivity index (χ0) is 20.3. The highest BCUT2D eigenvalue weighted by Gasteiger charge is 2.27. The maximum absolute atomic E-state index is 13.8. The Hall–Kier alpha value is -2.80. The monoisotopic (exact) mass is 406 g/mol. The number of halogens is 2. The maximum Gasteiger partial charge on any atom is 0.254 e. The van der Waals surface area contributed by atoms with Gasteiger partial charge in [-0.3, -0.25) is 9.59 Å². The highest BCUT2D eigenvalue weighted by atomic mass is 35.5. The number of carbonyl (C=O) groups is 2. The van der Waals surface area contributed by atoms with Gasteiger partial charge in [0.25, 0.3) is 5.91 Å². The van der Waals surface area contributed by atoms with Gasteiger partial charge in [0.1, 0.15) is 25.1 Å². The number of rotatable bonds is 5. The maximum atomic E-state index is 13.8. The Labute approximate surface area is 167 Å². The Balaban J connectivity index is 1.77. The number of carbonyl (C=O) groups excluding carboxylic acids is 2. The quantitative estimate of drug-likeness (QED) is 0.794. The first-order valence-corrected chi connectivity index (χ1v) is 9.20. The highest BCUT2D eigenvalue weighted by molar-refractivity contribution is 6.34. The van der Waals surface area contributed by atoms with Crippen molar-refractivity contribution in [2.24, 2.45) is 5.92 Å². The minimum atomic E-state index is -0.892. The zero-order valence-electron chi connectivity index (χ0n) is 15.4. The van der Waals surface area contributed by atoms with E-state index in [0.29, 0.717) is 30.4 Å². The number of nitrogens with one attached hydrogen (secondary N) is 2. The molecule has 2 N–H and O–H groups in total. The molecule has 0 saturated carbocycles. The first kappa shape index (κ1) is 19.9. The van der Waals surface area contributed by atoms with Crippen LogP contribution in [0.2, 0.25) is 5.02 Å². The lowest BCUT2D eigenvalue weighted by Gasteiger charge is -2.23. The first-order valence-electron chi connectivity index (χ1n) is 8.82. The molecular formula is C20H20ClFN2O4. The fraction of sp³-hybridized carbons (Fsp3) is 0.300. The Bertz CT molecular complexity index is 904. The standard InChI is InChI=1S/C20H20ClFN2O4/c1-11(2)18(24-19(25)12-5-3-4-6-14(12)22)20(26)23-15-10-17-16(9-13(15)21)27-7-8-28-17/h3-6,9-11,18H,7-8H2,1-2H3,(H,23,26)(H,24,25). The van der Waals surface area contributed by atoms with Crippen LogP contribution in [0.25, 0.3) is 0 Å². The summed E-state index contributed by atoms with van der Waals surface area (Å²) in [5.74, 6) is -1.06. The van der Waals surface area contributed by atoms with Crippen LogP contribution in [-0.4, -0.2) is 31.1 Å². The van der Waals surface area contributed by atoms with Crippen LogP contribution < -0.4 is 20.1 Å². The summed E-state index contributed by atoms with van der Waals surface area (Å²) in [5.41, 5.74) is 0.208. The number of hydrogen-bond donors (Lipinski definition) is 2. The predicted octanol–water partition coefficient (Wildman–Crippen LogP) is 3.64. The van der Waals surface area contributed by atoms with E-state index in [1.54, 1.807) is 32.0 Å². The SMILES string of the molecule is CC(C)C(NC(=O)c1ccccc1F)C(=O)Nc1cc2c(cc1Cl)OCCO2. The van der Waals surface area contributed by atoms with Gasteiger partial charge in [0.2, 0.25) is 5.91 Å². The van der Waals surface area contributed by atoms with Gasteiger partial charge in [0, 0.05) is 12.1 Å². The average molecular weight is 407 g/mol. The fourth-order valence-electron chi connectivity index (χ4n) is 2.77. The van der Waals surface area contributed by atoms with Gasteiger partial charge in [-0.1, -0.05) is 37.6 Å². The molecule has 1 aliphatic rings. The van der Waals surface area contributed by atoms with E-state index in [2.05, 4.69) is 10.6 Å². The summed E-state index contributed by atoms with van der Waals surface area (Å²) < 4.78 is 24.8. The van der Waals surface area contributed by atoms with Crippen LogP contribution >= 0.6 is 11.6 Å². The van der Waals surface area contributed by atoms with Gasteiger partial charge in [-0.2, -0.15) is 0 Å². The minimum Gasteiger partial charge on any atom is -0.486 e. The summed E-state index contributed by atoms with van der Waals surface area (Å²) in [6, 6.07) is 7.83. The normalized spacial score (nSPS) is 13.8. The van der Waals surface area contributed by atoms with E-state index < -0.39 is 23.7 Å². The molecular weight excluding hydrogens is 387 g/mol. The lowest BCUT2D eigenvalue weighted by atomic mass is 10.0. The Kier molecular flexibility index (Phi) is 6.04. The lowest BCUT2D eigenvalue weighted by molar-refractivity contribution is -0.118. The molecule has 0 aliphatic carbocycles. The van der Waals surface area contributed by atoms with Gasteiger partial charge in [0.15, 0.2) is 11.5 Å². The molecule has 0 radical (unpaired) electrons. The van der Waals surface area contributed by atoms with E-state index >= 15 is 0 Å². The molecule has 2 aromatic carbocycles. The lowest BCUT2D eigenvalue weighted by Crippen LogP contribution is -2.47. The third-order valence-electron chi connectivity index (χ3n) is 4.24. The number of hydrogen-bond acceptors (Lipinski definition) is 4. The molecule has 148 valence electrons. The van der Waals surface area contributed by atoms with Crippen molar-refractivity contribution in [1.29, 1.82) is 0 Å². The third kappa shape index (κ3) is 4.36. The van der Waals surface area contributed by atoms with Crippen LogP contribution in [-0.2, 0) is 4.79 Å². The molecule has 3 rings (SSSR count). The molecule has 1 aliphatic heterocycles. The van der Waals surface area contributed by atoms with Crippen LogP contribution in [0.4, 0.5) is 10.1 Å².